The third-order valence-electron chi connectivity index (χ3n) is 14.5. The van der Waals surface area contributed by atoms with Gasteiger partial charge in [-0.1, -0.05) is 63.6 Å². The highest BCUT2D eigenvalue weighted by Gasteiger charge is 2.68. The lowest BCUT2D eigenvalue weighted by Gasteiger charge is -2.64. The van der Waals surface area contributed by atoms with Gasteiger partial charge in [-0.25, -0.2) is 9.59 Å². The van der Waals surface area contributed by atoms with Crippen molar-refractivity contribution in [1.82, 2.24) is 37.2 Å². The second-order valence-corrected chi connectivity index (χ2v) is 23.4. The molecule has 2 bridgehead atoms. The van der Waals surface area contributed by atoms with Gasteiger partial charge in [0.2, 0.25) is 23.6 Å². The summed E-state index contributed by atoms with van der Waals surface area (Å²) in [6.45, 7) is 19.8. The Bertz CT molecular complexity index is 2410. The first-order valence-electron chi connectivity index (χ1n) is 27.0. The molecule has 0 radical (unpaired) electrons. The number of aryl methyl sites for hydroxylation is 1. The Kier molecular flexibility index (Phi) is 21.1. The van der Waals surface area contributed by atoms with Crippen LogP contribution in [-0.2, 0) is 49.2 Å². The highest BCUT2D eigenvalue weighted by Crippen LogP contribution is 2.65. The van der Waals surface area contributed by atoms with Crippen molar-refractivity contribution >= 4 is 54.8 Å². The number of rotatable bonds is 25. The van der Waals surface area contributed by atoms with Crippen LogP contribution >= 0.6 is 0 Å². The lowest BCUT2D eigenvalue weighted by atomic mass is 9.43. The van der Waals surface area contributed by atoms with Crippen molar-refractivity contribution in [2.75, 3.05) is 13.1 Å². The van der Waals surface area contributed by atoms with Gasteiger partial charge < -0.3 is 66.8 Å². The summed E-state index contributed by atoms with van der Waals surface area (Å²) in [4.78, 5) is 106. The number of nitrogens with one attached hydrogen (secondary N) is 7. The standard InChI is InChI=1S/C55H83BN8O13/c1-12-13-16-33-18-20-34(21-19-33)35-22-24-36(25-23-35)45(68)63-40(31-59-51(73)75-53(6,7)8)48(71)62-39(26-27-43(65)66)46(69)60-32(2)44(67)61-38(17-14-15-28-58-50(72)74-52(3,4)5)47(70)64-49(57)56-76-42-30-37-29-41(54(37,9)10)55(42,11)77-56/h18-25,32,37-42,49H,12-17,26-31,57H2,1-11H3,(H,58,72)(H,59,73)(H,60,69)(H,61,67)(H,62,71)(H,63,68)(H,64,70)(H,65,66)/t32-,37-,38-,39-,40-,41-,42?,49+,55-/m0/s1. The number of carbonyl (C=O) groups is 8. The van der Waals surface area contributed by atoms with Crippen LogP contribution in [0.5, 0.6) is 0 Å². The summed E-state index contributed by atoms with van der Waals surface area (Å²) in [5.74, 6) is -4.65. The fourth-order valence-corrected chi connectivity index (χ4v) is 10.1. The maximum absolute atomic E-state index is 14.1. The van der Waals surface area contributed by atoms with Crippen LogP contribution in [0, 0.1) is 17.3 Å². The molecule has 1 aliphatic heterocycles. The van der Waals surface area contributed by atoms with Gasteiger partial charge in [-0.3, -0.25) is 28.8 Å². The molecule has 4 aliphatic rings. The number of hydrogen-bond acceptors (Lipinski definition) is 13. The first-order valence-corrected chi connectivity index (χ1v) is 27.0. The van der Waals surface area contributed by atoms with E-state index in [0.29, 0.717) is 18.8 Å². The van der Waals surface area contributed by atoms with Crippen LogP contribution in [0.3, 0.4) is 0 Å². The zero-order valence-electron chi connectivity index (χ0n) is 46.7. The van der Waals surface area contributed by atoms with Gasteiger partial charge in [0.25, 0.3) is 5.91 Å². The van der Waals surface area contributed by atoms with E-state index in [0.717, 1.165) is 43.2 Å². The molecule has 3 saturated carbocycles. The first-order chi connectivity index (χ1) is 36.0. The van der Waals surface area contributed by atoms with E-state index in [1.54, 1.807) is 65.8 Å². The molecule has 3 aliphatic carbocycles. The monoisotopic (exact) mass is 1070 g/mol. The van der Waals surface area contributed by atoms with E-state index < -0.39 is 121 Å². The largest absolute Gasteiger partial charge is 0.497 e. The second kappa shape index (κ2) is 26.4. The normalized spacial score (nSPS) is 21.2. The SMILES string of the molecule is CCCCc1ccc(-c2ccc(C(=O)N[C@@H](CNC(=O)OC(C)(C)C)C(=O)N[C@@H](CCC(=O)O)C(=O)N[C@@H](C)C(=O)N[C@@H](CCCCNC(=O)OC(C)(C)C)C(=O)N[C@@H](N)B3OC4C[C@@H]5C[C@@H](C5(C)C)[C@]4(C)O3)cc2)cc1. The molecule has 21 nitrogen and oxygen atoms in total. The fraction of sp³-hybridized carbons (Fsp3) is 0.636. The number of carboxylic acid groups (broad SMARTS) is 1. The Morgan fingerprint density at radius 1 is 0.714 bits per heavy atom. The van der Waals surface area contributed by atoms with Gasteiger partial charge in [0.1, 0.15) is 41.4 Å². The summed E-state index contributed by atoms with van der Waals surface area (Å²) in [5.41, 5.74) is 7.58. The third-order valence-corrected chi connectivity index (χ3v) is 14.5. The first kappa shape index (κ1) is 61.6. The molecule has 4 fully saturated rings. The third kappa shape index (κ3) is 17.6. The van der Waals surface area contributed by atoms with E-state index in [1.807, 2.05) is 19.1 Å². The number of carbonyl (C=O) groups excluding carboxylic acids is 7. The molecule has 0 spiro atoms. The maximum Gasteiger partial charge on any atom is 0.497 e. The van der Waals surface area contributed by atoms with E-state index in [2.05, 4.69) is 70.1 Å². The van der Waals surface area contributed by atoms with Gasteiger partial charge in [0, 0.05) is 18.5 Å². The molecule has 9 atom stereocenters. The Hall–Kier alpha value is -6.26. The molecule has 6 rings (SSSR count). The fourth-order valence-electron chi connectivity index (χ4n) is 10.1. The van der Waals surface area contributed by atoms with Gasteiger partial charge in [-0.05, 0) is 153 Å². The Morgan fingerprint density at radius 3 is 1.86 bits per heavy atom. The van der Waals surface area contributed by atoms with Crippen molar-refractivity contribution in [2.24, 2.45) is 23.0 Å². The lowest BCUT2D eigenvalue weighted by Crippen LogP contribution is -2.65. The molecule has 2 aromatic rings. The van der Waals surface area contributed by atoms with Crippen molar-refractivity contribution in [1.29, 1.82) is 0 Å². The molecule has 2 aromatic carbocycles. The number of ether oxygens (including phenoxy) is 2. The zero-order valence-corrected chi connectivity index (χ0v) is 46.7. The van der Waals surface area contributed by atoms with Gasteiger partial charge in [-0.15, -0.1) is 0 Å². The van der Waals surface area contributed by atoms with Crippen LogP contribution in [0.2, 0.25) is 0 Å². The zero-order chi connectivity index (χ0) is 57.0. The average molecular weight is 1080 g/mol. The van der Waals surface area contributed by atoms with Gasteiger partial charge >= 0.3 is 25.3 Å². The quantitative estimate of drug-likeness (QED) is 0.0359. The number of hydrogen-bond donors (Lipinski definition) is 9. The van der Waals surface area contributed by atoms with Crippen molar-refractivity contribution in [2.45, 2.75) is 194 Å². The van der Waals surface area contributed by atoms with Gasteiger partial charge in [-0.2, -0.15) is 0 Å². The average Bonchev–Trinajstić information content (AvgIpc) is 3.87. The Morgan fingerprint density at radius 2 is 1.27 bits per heavy atom. The van der Waals surface area contributed by atoms with Crippen LogP contribution in [-0.4, -0.2) is 126 Å². The van der Waals surface area contributed by atoms with E-state index in [4.69, 9.17) is 24.5 Å². The van der Waals surface area contributed by atoms with Crippen LogP contribution in [0.15, 0.2) is 48.5 Å². The number of aliphatic carboxylic acids is 1. The summed E-state index contributed by atoms with van der Waals surface area (Å²) >= 11 is 0. The number of nitrogens with two attached hydrogens (primary N) is 1. The van der Waals surface area contributed by atoms with E-state index in [9.17, 15) is 43.5 Å². The molecule has 0 aromatic heterocycles. The Balaban J connectivity index is 1.26. The van der Waals surface area contributed by atoms with Crippen LogP contribution in [0.4, 0.5) is 9.59 Å². The molecule has 1 unspecified atom stereocenters. The van der Waals surface area contributed by atoms with Crippen LogP contribution in [0.25, 0.3) is 11.1 Å². The van der Waals surface area contributed by atoms with Crippen molar-refractivity contribution in [3.05, 3.63) is 59.7 Å². The van der Waals surface area contributed by atoms with Gasteiger partial charge in [0.05, 0.1) is 18.2 Å². The molecule has 7 amide bonds. The Labute approximate surface area is 453 Å². The van der Waals surface area contributed by atoms with E-state index in [1.165, 1.54) is 12.5 Å². The minimum absolute atomic E-state index is 0.0648. The van der Waals surface area contributed by atoms with Gasteiger partial charge in [0.15, 0.2) is 0 Å². The van der Waals surface area contributed by atoms with Crippen LogP contribution < -0.4 is 43.0 Å². The van der Waals surface area contributed by atoms with E-state index in [-0.39, 0.29) is 36.0 Å². The number of benzene rings is 2. The number of carboxylic acids is 1. The molecule has 77 heavy (non-hydrogen) atoms. The number of unbranched alkanes of at least 4 members (excludes halogenated alkanes) is 2. The van der Waals surface area contributed by atoms with Crippen molar-refractivity contribution in [3.8, 4) is 11.1 Å². The number of amides is 7. The summed E-state index contributed by atoms with van der Waals surface area (Å²) in [6.07, 6.45) is 3.01. The van der Waals surface area contributed by atoms with E-state index >= 15 is 0 Å². The van der Waals surface area contributed by atoms with Crippen molar-refractivity contribution in [3.63, 3.8) is 0 Å². The van der Waals surface area contributed by atoms with Crippen LogP contribution in [0.1, 0.15) is 150 Å². The molecule has 1 heterocycles. The number of alkyl carbamates (subject to hydrolysis) is 2. The molecule has 1 saturated heterocycles. The molecule has 424 valence electrons. The lowest BCUT2D eigenvalue weighted by molar-refractivity contribution is -0.199. The molecular weight excluding hydrogens is 991 g/mol. The smallest absolute Gasteiger partial charge is 0.481 e. The molecular formula is C55H83BN8O13. The summed E-state index contributed by atoms with van der Waals surface area (Å²) in [6, 6.07) is 8.08. The predicted octanol–water partition coefficient (Wildman–Crippen LogP) is 5.02. The summed E-state index contributed by atoms with van der Waals surface area (Å²) in [5, 5.41) is 27.8. The highest BCUT2D eigenvalue weighted by molar-refractivity contribution is 6.47. The molecule has 10 N–H and O–H groups in total. The summed E-state index contributed by atoms with van der Waals surface area (Å²) < 4.78 is 23.4. The topological polar surface area (TPSA) is 304 Å². The molecule has 22 heteroatoms. The minimum Gasteiger partial charge on any atom is -0.481 e. The second-order valence-electron chi connectivity index (χ2n) is 23.4. The minimum atomic E-state index is -1.56. The van der Waals surface area contributed by atoms with Crippen molar-refractivity contribution < 1.29 is 62.2 Å². The highest BCUT2D eigenvalue weighted by atomic mass is 16.7. The predicted molar refractivity (Wildman–Crippen MR) is 289 cm³/mol. The summed E-state index contributed by atoms with van der Waals surface area (Å²) in [7, 11) is -0.967. The maximum atomic E-state index is 14.1.